The van der Waals surface area contributed by atoms with Crippen molar-refractivity contribution >= 4 is 34.0 Å². The Balaban J connectivity index is 1.36. The smallest absolute Gasteiger partial charge is 0.323 e. The largest absolute Gasteiger partial charge is 0.493 e. The summed E-state index contributed by atoms with van der Waals surface area (Å²) in [5.74, 6) is 3.01. The van der Waals surface area contributed by atoms with Crippen LogP contribution < -0.4 is 30.2 Å². The summed E-state index contributed by atoms with van der Waals surface area (Å²) in [4.78, 5) is 17.8. The van der Waals surface area contributed by atoms with Crippen molar-refractivity contribution in [3.05, 3.63) is 108 Å². The lowest BCUT2D eigenvalue weighted by Gasteiger charge is -2.23. The van der Waals surface area contributed by atoms with Gasteiger partial charge in [0.2, 0.25) is 0 Å². The minimum Gasteiger partial charge on any atom is -0.493 e. The minimum absolute atomic E-state index is 0.0771. The Kier molecular flexibility index (Phi) is 8.90. The van der Waals surface area contributed by atoms with Crippen LogP contribution in [0, 0.1) is 0 Å². The minimum atomic E-state index is -0.410. The predicted molar refractivity (Wildman–Crippen MR) is 178 cm³/mol. The van der Waals surface area contributed by atoms with E-state index in [4.69, 9.17) is 14.2 Å². The lowest BCUT2D eigenvalue weighted by atomic mass is 9.86. The monoisotopic (exact) mass is 590 g/mol. The zero-order valence-corrected chi connectivity index (χ0v) is 25.9. The van der Waals surface area contributed by atoms with Gasteiger partial charge in [-0.3, -0.25) is 0 Å². The fourth-order valence-electron chi connectivity index (χ4n) is 4.96. The molecule has 1 aromatic heterocycles. The van der Waals surface area contributed by atoms with Gasteiger partial charge in [0.25, 0.3) is 0 Å². The van der Waals surface area contributed by atoms with E-state index in [1.165, 1.54) is 5.56 Å². The molecule has 8 nitrogen and oxygen atoms in total. The van der Waals surface area contributed by atoms with E-state index in [1.807, 2.05) is 78.9 Å². The zero-order valence-electron chi connectivity index (χ0n) is 25.9. The van der Waals surface area contributed by atoms with Gasteiger partial charge in [-0.2, -0.15) is 0 Å². The molecular formula is C36H38N4O4. The number of ether oxygens (including phenoxy) is 3. The fraction of sp³-hybridized carbons (Fsp3) is 0.222. The van der Waals surface area contributed by atoms with Crippen LogP contribution in [0.2, 0.25) is 0 Å². The van der Waals surface area contributed by atoms with E-state index in [9.17, 15) is 4.79 Å². The van der Waals surface area contributed by atoms with Crippen LogP contribution in [0.3, 0.4) is 0 Å². The highest BCUT2D eigenvalue weighted by Crippen LogP contribution is 2.40. The number of hydrogen-bond acceptors (Lipinski definition) is 6. The summed E-state index contributed by atoms with van der Waals surface area (Å²) in [6.07, 6.45) is 1.72. The maximum absolute atomic E-state index is 13.3. The van der Waals surface area contributed by atoms with Crippen molar-refractivity contribution in [2.45, 2.75) is 39.2 Å². The molecular weight excluding hydrogens is 552 g/mol. The second kappa shape index (κ2) is 13.0. The van der Waals surface area contributed by atoms with Crippen molar-refractivity contribution in [3.63, 3.8) is 0 Å². The highest BCUT2D eigenvalue weighted by Gasteiger charge is 2.21. The summed E-state index contributed by atoms with van der Waals surface area (Å²) in [6.45, 7) is 8.39. The molecule has 8 heteroatoms. The Labute approximate surface area is 258 Å². The average molecular weight is 591 g/mol. The third kappa shape index (κ3) is 6.86. The van der Waals surface area contributed by atoms with Crippen molar-refractivity contribution in [1.29, 1.82) is 0 Å². The second-order valence-corrected chi connectivity index (χ2v) is 11.5. The lowest BCUT2D eigenvalue weighted by molar-refractivity contribution is 0.262. The van der Waals surface area contributed by atoms with Crippen LogP contribution >= 0.6 is 0 Å². The molecule has 2 amide bonds. The zero-order chi connectivity index (χ0) is 31.3. The highest BCUT2D eigenvalue weighted by atomic mass is 16.5. The number of rotatable bonds is 9. The third-order valence-corrected chi connectivity index (χ3v) is 7.35. The van der Waals surface area contributed by atoms with Gasteiger partial charge >= 0.3 is 6.03 Å². The molecule has 0 aliphatic carbocycles. The summed E-state index contributed by atoms with van der Waals surface area (Å²) >= 11 is 0. The van der Waals surface area contributed by atoms with Gasteiger partial charge in [-0.15, -0.1) is 0 Å². The topological polar surface area (TPSA) is 93.7 Å². The van der Waals surface area contributed by atoms with Crippen LogP contribution in [0.25, 0.3) is 10.8 Å². The van der Waals surface area contributed by atoms with Crippen LogP contribution in [0.4, 0.5) is 22.0 Å². The molecule has 0 spiro atoms. The molecule has 1 unspecified atom stereocenters. The summed E-state index contributed by atoms with van der Waals surface area (Å²) in [5, 5.41) is 11.1. The van der Waals surface area contributed by atoms with E-state index in [1.54, 1.807) is 20.4 Å². The summed E-state index contributed by atoms with van der Waals surface area (Å²) in [6, 6.07) is 28.9. The van der Waals surface area contributed by atoms with E-state index in [-0.39, 0.29) is 11.5 Å². The Hall–Kier alpha value is -5.24. The van der Waals surface area contributed by atoms with Crippen LogP contribution in [-0.2, 0) is 5.41 Å². The SMILES string of the molecule is COc1cc(C(C)(C)C)cc(NC(=O)Nc2ccc(Oc3ccnc(NC(C)c4ccccc4)c3)c3ccccc23)c1OC. The molecule has 0 bridgehead atoms. The number of benzene rings is 4. The molecule has 0 saturated carbocycles. The Morgan fingerprint density at radius 3 is 2.18 bits per heavy atom. The average Bonchev–Trinajstić information content (AvgIpc) is 3.02. The quantitative estimate of drug-likeness (QED) is 0.158. The Morgan fingerprint density at radius 2 is 1.48 bits per heavy atom. The summed E-state index contributed by atoms with van der Waals surface area (Å²) in [5.41, 5.74) is 3.16. The molecule has 0 fully saturated rings. The number of anilines is 3. The predicted octanol–water partition coefficient (Wildman–Crippen LogP) is 9.16. The molecule has 0 aliphatic heterocycles. The Morgan fingerprint density at radius 1 is 0.773 bits per heavy atom. The number of pyridine rings is 1. The number of carbonyl (C=O) groups excluding carboxylic acids is 1. The number of methoxy groups -OCH3 is 2. The van der Waals surface area contributed by atoms with Crippen molar-refractivity contribution in [1.82, 2.24) is 4.98 Å². The molecule has 0 radical (unpaired) electrons. The molecule has 3 N–H and O–H groups in total. The van der Waals surface area contributed by atoms with E-state index >= 15 is 0 Å². The normalized spacial score (nSPS) is 11.9. The van der Waals surface area contributed by atoms with Gasteiger partial charge in [-0.1, -0.05) is 75.4 Å². The van der Waals surface area contributed by atoms with E-state index < -0.39 is 6.03 Å². The lowest BCUT2D eigenvalue weighted by Crippen LogP contribution is -2.21. The standard InChI is InChI=1S/C36H38N4O4/c1-23(24-12-8-7-9-13-24)38-33-22-26(18-19-37-33)44-31-17-16-29(27-14-10-11-15-28(27)31)39-35(41)40-30-20-25(36(2,3)4)21-32(42-5)34(30)43-6/h7-23H,1-6H3,(H,37,38)(H2,39,40,41). The first-order chi connectivity index (χ1) is 21.2. The second-order valence-electron chi connectivity index (χ2n) is 11.5. The van der Waals surface area contributed by atoms with Crippen LogP contribution in [-0.4, -0.2) is 25.2 Å². The molecule has 1 heterocycles. The van der Waals surface area contributed by atoms with E-state index in [2.05, 4.69) is 60.8 Å². The number of carbonyl (C=O) groups is 1. The first kappa shape index (κ1) is 30.2. The number of aromatic nitrogens is 1. The number of nitrogens with one attached hydrogen (secondary N) is 3. The molecule has 0 aliphatic rings. The summed E-state index contributed by atoms with van der Waals surface area (Å²) in [7, 11) is 3.13. The number of urea groups is 1. The van der Waals surface area contributed by atoms with Crippen molar-refractivity contribution in [2.75, 3.05) is 30.2 Å². The molecule has 4 aromatic carbocycles. The van der Waals surface area contributed by atoms with Gasteiger partial charge in [0, 0.05) is 29.1 Å². The molecule has 0 saturated heterocycles. The van der Waals surface area contributed by atoms with E-state index in [0.29, 0.717) is 40.2 Å². The van der Waals surface area contributed by atoms with Gasteiger partial charge in [0.15, 0.2) is 11.5 Å². The molecule has 5 aromatic rings. The number of amides is 2. The van der Waals surface area contributed by atoms with E-state index in [0.717, 1.165) is 16.3 Å². The van der Waals surface area contributed by atoms with Gasteiger partial charge in [0.1, 0.15) is 17.3 Å². The van der Waals surface area contributed by atoms with Crippen LogP contribution in [0.1, 0.15) is 44.9 Å². The van der Waals surface area contributed by atoms with Gasteiger partial charge in [-0.05, 0) is 53.8 Å². The number of fused-ring (bicyclic) bond motifs is 1. The highest BCUT2D eigenvalue weighted by molar-refractivity contribution is 6.08. The maximum Gasteiger partial charge on any atom is 0.323 e. The number of nitrogens with zero attached hydrogens (tertiary/aromatic N) is 1. The van der Waals surface area contributed by atoms with Crippen molar-refractivity contribution in [3.8, 4) is 23.0 Å². The van der Waals surface area contributed by atoms with Crippen LogP contribution in [0.15, 0.2) is 97.2 Å². The molecule has 5 rings (SSSR count). The number of hydrogen-bond donors (Lipinski definition) is 3. The first-order valence-electron chi connectivity index (χ1n) is 14.5. The summed E-state index contributed by atoms with van der Waals surface area (Å²) < 4.78 is 17.5. The van der Waals surface area contributed by atoms with Crippen LogP contribution in [0.5, 0.6) is 23.0 Å². The third-order valence-electron chi connectivity index (χ3n) is 7.35. The molecule has 226 valence electrons. The van der Waals surface area contributed by atoms with Crippen molar-refractivity contribution in [2.24, 2.45) is 0 Å². The molecule has 44 heavy (non-hydrogen) atoms. The van der Waals surface area contributed by atoms with Gasteiger partial charge in [-0.25, -0.2) is 9.78 Å². The van der Waals surface area contributed by atoms with Crippen molar-refractivity contribution < 1.29 is 19.0 Å². The van der Waals surface area contributed by atoms with Gasteiger partial charge in [0.05, 0.1) is 25.6 Å². The Bertz CT molecular complexity index is 1770. The fourth-order valence-corrected chi connectivity index (χ4v) is 4.96. The molecule has 1 atom stereocenters. The maximum atomic E-state index is 13.3. The first-order valence-corrected chi connectivity index (χ1v) is 14.5. The van der Waals surface area contributed by atoms with Gasteiger partial charge < -0.3 is 30.2 Å².